The maximum absolute atomic E-state index is 12.4. The number of hydrogen-bond donors (Lipinski definition) is 0. The molecule has 1 unspecified atom stereocenters. The second kappa shape index (κ2) is 5.23. The van der Waals surface area contributed by atoms with Crippen molar-refractivity contribution in [2.75, 3.05) is 0 Å². The number of carbonyl (C=O) groups is 1. The quantitative estimate of drug-likeness (QED) is 0.852. The normalized spacial score (nSPS) is 18.1. The fourth-order valence-corrected chi connectivity index (χ4v) is 3.03. The minimum atomic E-state index is 0.268. The van der Waals surface area contributed by atoms with Gasteiger partial charge in [0.05, 0.1) is 22.6 Å². The van der Waals surface area contributed by atoms with Gasteiger partial charge in [-0.2, -0.15) is 5.10 Å². The van der Waals surface area contributed by atoms with E-state index < -0.39 is 0 Å². The van der Waals surface area contributed by atoms with Gasteiger partial charge in [-0.15, -0.1) is 0 Å². The molecule has 20 heavy (non-hydrogen) atoms. The molecule has 3 nitrogen and oxygen atoms in total. The number of aryl methyl sites for hydroxylation is 1. The lowest BCUT2D eigenvalue weighted by Crippen LogP contribution is -2.20. The van der Waals surface area contributed by atoms with Crippen molar-refractivity contribution in [3.8, 4) is 5.69 Å². The summed E-state index contributed by atoms with van der Waals surface area (Å²) in [5.74, 6) is 0.674. The van der Waals surface area contributed by atoms with Crippen molar-refractivity contribution in [2.45, 2.75) is 39.5 Å². The maximum atomic E-state index is 12.4. The number of nitrogens with zero attached hydrogens (tertiary/aromatic N) is 2. The zero-order valence-corrected chi connectivity index (χ0v) is 12.1. The van der Waals surface area contributed by atoms with Crippen LogP contribution in [0.2, 0.25) is 0 Å². The van der Waals surface area contributed by atoms with Crippen molar-refractivity contribution in [3.05, 3.63) is 47.3 Å². The van der Waals surface area contributed by atoms with E-state index in [4.69, 9.17) is 5.10 Å². The SMILES string of the molecule is CCCc1nn(-c2ccccc2)c2c1C(=O)CC(C)C2. The Labute approximate surface area is 119 Å². The summed E-state index contributed by atoms with van der Waals surface area (Å²) in [4.78, 5) is 12.4. The van der Waals surface area contributed by atoms with Gasteiger partial charge < -0.3 is 0 Å². The van der Waals surface area contributed by atoms with Crippen LogP contribution in [0, 0.1) is 5.92 Å². The molecule has 1 heterocycles. The Kier molecular flexibility index (Phi) is 3.43. The van der Waals surface area contributed by atoms with Crippen molar-refractivity contribution < 1.29 is 4.79 Å². The van der Waals surface area contributed by atoms with E-state index in [9.17, 15) is 4.79 Å². The van der Waals surface area contributed by atoms with Crippen LogP contribution < -0.4 is 0 Å². The molecule has 3 rings (SSSR count). The van der Waals surface area contributed by atoms with Gasteiger partial charge in [0.1, 0.15) is 0 Å². The molecule has 0 saturated carbocycles. The van der Waals surface area contributed by atoms with Crippen molar-refractivity contribution in [3.63, 3.8) is 0 Å². The van der Waals surface area contributed by atoms with Crippen LogP contribution in [0.25, 0.3) is 5.69 Å². The van der Waals surface area contributed by atoms with E-state index in [0.717, 1.165) is 41.9 Å². The lowest BCUT2D eigenvalue weighted by Gasteiger charge is -2.19. The number of ketones is 1. The predicted molar refractivity (Wildman–Crippen MR) is 79.4 cm³/mol. The summed E-state index contributed by atoms with van der Waals surface area (Å²) < 4.78 is 1.98. The third-order valence-corrected chi connectivity index (χ3v) is 3.90. The number of aromatic nitrogens is 2. The highest BCUT2D eigenvalue weighted by molar-refractivity contribution is 5.99. The minimum absolute atomic E-state index is 0.268. The molecule has 0 N–H and O–H groups in total. The van der Waals surface area contributed by atoms with Crippen LogP contribution >= 0.6 is 0 Å². The highest BCUT2D eigenvalue weighted by atomic mass is 16.1. The van der Waals surface area contributed by atoms with Gasteiger partial charge in [0.25, 0.3) is 0 Å². The van der Waals surface area contributed by atoms with Gasteiger partial charge in [0.2, 0.25) is 0 Å². The minimum Gasteiger partial charge on any atom is -0.294 e. The lowest BCUT2D eigenvalue weighted by atomic mass is 9.86. The first-order chi connectivity index (χ1) is 9.70. The van der Waals surface area contributed by atoms with Crippen LogP contribution in [0.3, 0.4) is 0 Å². The number of benzene rings is 1. The van der Waals surface area contributed by atoms with Gasteiger partial charge in [-0.1, -0.05) is 38.5 Å². The first kappa shape index (κ1) is 13.1. The molecular formula is C17H20N2O. The monoisotopic (exact) mass is 268 g/mol. The van der Waals surface area contributed by atoms with Gasteiger partial charge in [0.15, 0.2) is 5.78 Å². The van der Waals surface area contributed by atoms with Gasteiger partial charge in [-0.25, -0.2) is 4.68 Å². The zero-order chi connectivity index (χ0) is 14.1. The van der Waals surface area contributed by atoms with Crippen LogP contribution in [0.15, 0.2) is 30.3 Å². The van der Waals surface area contributed by atoms with Crippen molar-refractivity contribution >= 4 is 5.78 Å². The van der Waals surface area contributed by atoms with E-state index in [1.54, 1.807) is 0 Å². The van der Waals surface area contributed by atoms with Crippen LogP contribution in [-0.4, -0.2) is 15.6 Å². The molecule has 0 radical (unpaired) electrons. The van der Waals surface area contributed by atoms with Crippen LogP contribution in [0.4, 0.5) is 0 Å². The van der Waals surface area contributed by atoms with E-state index >= 15 is 0 Å². The van der Waals surface area contributed by atoms with Crippen LogP contribution in [-0.2, 0) is 12.8 Å². The van der Waals surface area contributed by atoms with E-state index in [1.165, 1.54) is 0 Å². The molecule has 0 amide bonds. The first-order valence-corrected chi connectivity index (χ1v) is 7.40. The molecule has 1 aromatic heterocycles. The van der Waals surface area contributed by atoms with Crippen LogP contribution in [0.1, 0.15) is 48.4 Å². The maximum Gasteiger partial charge on any atom is 0.166 e. The number of carbonyl (C=O) groups excluding carboxylic acids is 1. The second-order valence-electron chi connectivity index (χ2n) is 5.70. The summed E-state index contributed by atoms with van der Waals surface area (Å²) >= 11 is 0. The third kappa shape index (κ3) is 2.17. The van der Waals surface area contributed by atoms with Gasteiger partial charge >= 0.3 is 0 Å². The van der Waals surface area contributed by atoms with Gasteiger partial charge in [-0.05, 0) is 30.9 Å². The number of hydrogen-bond acceptors (Lipinski definition) is 2. The molecule has 1 atom stereocenters. The Balaban J connectivity index is 2.16. The van der Waals surface area contributed by atoms with Crippen LogP contribution in [0.5, 0.6) is 0 Å². The number of para-hydroxylation sites is 1. The fraction of sp³-hybridized carbons (Fsp3) is 0.412. The van der Waals surface area contributed by atoms with Gasteiger partial charge in [0, 0.05) is 6.42 Å². The Bertz CT molecular complexity index is 628. The molecule has 1 aromatic carbocycles. The molecule has 0 aliphatic heterocycles. The summed E-state index contributed by atoms with van der Waals surface area (Å²) in [6.07, 6.45) is 3.49. The first-order valence-electron chi connectivity index (χ1n) is 7.40. The molecule has 0 bridgehead atoms. The van der Waals surface area contributed by atoms with Gasteiger partial charge in [-0.3, -0.25) is 4.79 Å². The van der Waals surface area contributed by atoms with E-state index in [1.807, 2.05) is 35.0 Å². The number of Topliss-reactive ketones (excluding diaryl/α,β-unsaturated/α-hetero) is 1. The van der Waals surface area contributed by atoms with Crippen molar-refractivity contribution in [2.24, 2.45) is 5.92 Å². The lowest BCUT2D eigenvalue weighted by molar-refractivity contribution is 0.0952. The summed E-state index contributed by atoms with van der Waals surface area (Å²) in [6, 6.07) is 10.1. The molecule has 1 aliphatic rings. The summed E-state index contributed by atoms with van der Waals surface area (Å²) in [5.41, 5.74) is 4.02. The summed E-state index contributed by atoms with van der Waals surface area (Å²) in [5, 5.41) is 4.73. The smallest absolute Gasteiger partial charge is 0.166 e. The molecule has 2 aromatic rings. The van der Waals surface area contributed by atoms with E-state index in [2.05, 4.69) is 13.8 Å². The van der Waals surface area contributed by atoms with E-state index in [-0.39, 0.29) is 5.78 Å². The Hall–Kier alpha value is -1.90. The Morgan fingerprint density at radius 1 is 1.25 bits per heavy atom. The standard InChI is InChI=1S/C17H20N2O/c1-3-7-14-17-15(10-12(2)11-16(17)20)19(18-14)13-8-5-4-6-9-13/h4-6,8-9,12H,3,7,10-11H2,1-2H3. The number of fused-ring (bicyclic) bond motifs is 1. The summed E-state index contributed by atoms with van der Waals surface area (Å²) in [7, 11) is 0. The molecule has 0 saturated heterocycles. The predicted octanol–water partition coefficient (Wildman–Crippen LogP) is 3.59. The van der Waals surface area contributed by atoms with Crippen molar-refractivity contribution in [1.29, 1.82) is 0 Å². The molecular weight excluding hydrogens is 248 g/mol. The molecule has 3 heteroatoms. The van der Waals surface area contributed by atoms with Crippen molar-refractivity contribution in [1.82, 2.24) is 9.78 Å². The Morgan fingerprint density at radius 3 is 2.70 bits per heavy atom. The molecule has 0 fully saturated rings. The molecule has 0 spiro atoms. The second-order valence-corrected chi connectivity index (χ2v) is 5.70. The largest absolute Gasteiger partial charge is 0.294 e. The average molecular weight is 268 g/mol. The number of rotatable bonds is 3. The topological polar surface area (TPSA) is 34.9 Å². The highest BCUT2D eigenvalue weighted by Gasteiger charge is 2.30. The van der Waals surface area contributed by atoms with E-state index in [0.29, 0.717) is 12.3 Å². The molecule has 104 valence electrons. The fourth-order valence-electron chi connectivity index (χ4n) is 3.03. The highest BCUT2D eigenvalue weighted by Crippen LogP contribution is 2.30. The summed E-state index contributed by atoms with van der Waals surface area (Å²) in [6.45, 7) is 4.27. The Morgan fingerprint density at radius 2 is 2.00 bits per heavy atom. The zero-order valence-electron chi connectivity index (χ0n) is 12.1. The third-order valence-electron chi connectivity index (χ3n) is 3.90. The average Bonchev–Trinajstić information content (AvgIpc) is 2.79. The molecule has 1 aliphatic carbocycles.